The van der Waals surface area contributed by atoms with Gasteiger partial charge in [-0.25, -0.2) is 8.78 Å². The molecule has 2 rings (SSSR count). The molecule has 0 bridgehead atoms. The van der Waals surface area contributed by atoms with Gasteiger partial charge in [-0.1, -0.05) is 0 Å². The summed E-state index contributed by atoms with van der Waals surface area (Å²) in [6.07, 6.45) is 0. The summed E-state index contributed by atoms with van der Waals surface area (Å²) >= 11 is 0. The van der Waals surface area contributed by atoms with Crippen LogP contribution in [0.3, 0.4) is 0 Å². The Bertz CT molecular complexity index is 587. The van der Waals surface area contributed by atoms with Crippen LogP contribution in [0, 0.1) is 11.6 Å². The number of carbonyl (C=O) groups excluding carboxylic acids is 3. The highest BCUT2D eigenvalue weighted by Crippen LogP contribution is 2.33. The SMILES string of the molecule is CCNC(=O)CN1C(=O)C(=O)c2c(F)ccc(F)c21. The minimum absolute atomic E-state index is 0.327. The molecule has 0 spiro atoms. The van der Waals surface area contributed by atoms with Crippen LogP contribution in [0.5, 0.6) is 0 Å². The number of nitrogens with one attached hydrogen (secondary N) is 1. The first-order chi connectivity index (χ1) is 8.97. The number of hydrogen-bond acceptors (Lipinski definition) is 3. The molecule has 5 nitrogen and oxygen atoms in total. The lowest BCUT2D eigenvalue weighted by molar-refractivity contribution is -0.122. The van der Waals surface area contributed by atoms with Gasteiger partial charge in [-0.3, -0.25) is 19.3 Å². The van der Waals surface area contributed by atoms with Gasteiger partial charge >= 0.3 is 0 Å². The first kappa shape index (κ1) is 13.1. The molecule has 0 aromatic heterocycles. The molecule has 1 N–H and O–H groups in total. The van der Waals surface area contributed by atoms with E-state index >= 15 is 0 Å². The molecule has 1 heterocycles. The third-order valence-corrected chi connectivity index (χ3v) is 2.69. The number of rotatable bonds is 3. The lowest BCUT2D eigenvalue weighted by Gasteiger charge is -2.16. The minimum atomic E-state index is -1.14. The summed E-state index contributed by atoms with van der Waals surface area (Å²) < 4.78 is 27.1. The quantitative estimate of drug-likeness (QED) is 0.818. The van der Waals surface area contributed by atoms with Gasteiger partial charge in [-0.05, 0) is 19.1 Å². The second kappa shape index (κ2) is 4.75. The second-order valence-corrected chi connectivity index (χ2v) is 3.93. The zero-order valence-electron chi connectivity index (χ0n) is 10.00. The Kier molecular flexibility index (Phi) is 3.28. The van der Waals surface area contributed by atoms with Crippen LogP contribution in [0.15, 0.2) is 12.1 Å². The van der Waals surface area contributed by atoms with Crippen molar-refractivity contribution >= 4 is 23.3 Å². The van der Waals surface area contributed by atoms with Gasteiger partial charge in [0.1, 0.15) is 18.2 Å². The molecule has 0 radical (unpaired) electrons. The summed E-state index contributed by atoms with van der Waals surface area (Å²) in [6.45, 7) is 1.47. The number of anilines is 1. The number of carbonyl (C=O) groups is 3. The molecular weight excluding hydrogens is 258 g/mol. The van der Waals surface area contributed by atoms with E-state index in [0.29, 0.717) is 11.4 Å². The van der Waals surface area contributed by atoms with Crippen molar-refractivity contribution in [3.05, 3.63) is 29.3 Å². The molecule has 0 fully saturated rings. The third kappa shape index (κ3) is 2.07. The molecule has 2 amide bonds. The van der Waals surface area contributed by atoms with Crippen molar-refractivity contribution in [2.75, 3.05) is 18.0 Å². The second-order valence-electron chi connectivity index (χ2n) is 3.93. The molecule has 1 aromatic carbocycles. The van der Waals surface area contributed by atoms with Crippen molar-refractivity contribution < 1.29 is 23.2 Å². The summed E-state index contributed by atoms with van der Waals surface area (Å²) in [4.78, 5) is 35.3. The number of amides is 2. The van der Waals surface area contributed by atoms with Crippen molar-refractivity contribution in [2.45, 2.75) is 6.92 Å². The highest BCUT2D eigenvalue weighted by Gasteiger charge is 2.41. The van der Waals surface area contributed by atoms with Gasteiger partial charge in [-0.15, -0.1) is 0 Å². The van der Waals surface area contributed by atoms with E-state index in [1.54, 1.807) is 6.92 Å². The van der Waals surface area contributed by atoms with Crippen molar-refractivity contribution in [2.24, 2.45) is 0 Å². The monoisotopic (exact) mass is 268 g/mol. The van der Waals surface area contributed by atoms with Gasteiger partial charge in [-0.2, -0.15) is 0 Å². The molecule has 0 saturated carbocycles. The van der Waals surface area contributed by atoms with Crippen molar-refractivity contribution in [1.82, 2.24) is 5.32 Å². The fourth-order valence-corrected chi connectivity index (χ4v) is 1.90. The normalized spacial score (nSPS) is 13.7. The number of halogens is 2. The maximum Gasteiger partial charge on any atom is 0.300 e. The molecule has 100 valence electrons. The maximum atomic E-state index is 13.7. The predicted octanol–water partition coefficient (Wildman–Crippen LogP) is 0.630. The number of fused-ring (bicyclic) bond motifs is 1. The van der Waals surface area contributed by atoms with Crippen LogP contribution in [0.4, 0.5) is 14.5 Å². The molecular formula is C12H10F2N2O3. The first-order valence-corrected chi connectivity index (χ1v) is 5.58. The van der Waals surface area contributed by atoms with Crippen LogP contribution in [-0.4, -0.2) is 30.7 Å². The van der Waals surface area contributed by atoms with Crippen LogP contribution in [0.25, 0.3) is 0 Å². The Morgan fingerprint density at radius 2 is 1.89 bits per heavy atom. The molecule has 0 unspecified atom stereocenters. The molecule has 1 aromatic rings. The van der Waals surface area contributed by atoms with Crippen molar-refractivity contribution in [3.63, 3.8) is 0 Å². The van der Waals surface area contributed by atoms with Gasteiger partial charge in [0.2, 0.25) is 5.91 Å². The Hall–Kier alpha value is -2.31. The van der Waals surface area contributed by atoms with Crippen LogP contribution in [0.1, 0.15) is 17.3 Å². The van der Waals surface area contributed by atoms with Gasteiger partial charge in [0.05, 0.1) is 11.3 Å². The smallest absolute Gasteiger partial charge is 0.300 e. The Morgan fingerprint density at radius 3 is 2.53 bits per heavy atom. The van der Waals surface area contributed by atoms with Gasteiger partial charge in [0.25, 0.3) is 11.7 Å². The lowest BCUT2D eigenvalue weighted by atomic mass is 10.1. The van der Waals surface area contributed by atoms with E-state index in [2.05, 4.69) is 5.32 Å². The van der Waals surface area contributed by atoms with E-state index in [1.807, 2.05) is 0 Å². The molecule has 0 atom stereocenters. The van der Waals surface area contributed by atoms with Crippen LogP contribution in [0.2, 0.25) is 0 Å². The van der Waals surface area contributed by atoms with Gasteiger partial charge in [0.15, 0.2) is 0 Å². The van der Waals surface area contributed by atoms with Crippen LogP contribution in [-0.2, 0) is 9.59 Å². The highest BCUT2D eigenvalue weighted by atomic mass is 19.1. The Morgan fingerprint density at radius 1 is 1.26 bits per heavy atom. The average molecular weight is 268 g/mol. The van der Waals surface area contributed by atoms with E-state index in [9.17, 15) is 23.2 Å². The zero-order valence-corrected chi connectivity index (χ0v) is 10.00. The molecule has 7 heteroatoms. The summed E-state index contributed by atoms with van der Waals surface area (Å²) in [5.74, 6) is -4.70. The summed E-state index contributed by atoms with van der Waals surface area (Å²) in [6, 6.07) is 1.58. The number of benzene rings is 1. The number of Topliss-reactive ketones (excluding diaryl/α,β-unsaturated/α-hetero) is 1. The third-order valence-electron chi connectivity index (χ3n) is 2.69. The number of hydrogen-bond donors (Lipinski definition) is 1. The van der Waals surface area contributed by atoms with Crippen LogP contribution < -0.4 is 10.2 Å². The zero-order chi connectivity index (χ0) is 14.2. The summed E-state index contributed by atoms with van der Waals surface area (Å²) in [5, 5.41) is 2.41. The van der Waals surface area contributed by atoms with Crippen LogP contribution >= 0.6 is 0 Å². The molecule has 1 aliphatic heterocycles. The minimum Gasteiger partial charge on any atom is -0.355 e. The number of ketones is 1. The first-order valence-electron chi connectivity index (χ1n) is 5.58. The molecule has 0 aliphatic carbocycles. The predicted molar refractivity (Wildman–Crippen MR) is 61.7 cm³/mol. The Balaban J connectivity index is 2.44. The summed E-state index contributed by atoms with van der Waals surface area (Å²) in [5.41, 5.74) is -1.09. The van der Waals surface area contributed by atoms with E-state index in [1.165, 1.54) is 0 Å². The topological polar surface area (TPSA) is 66.5 Å². The fraction of sp³-hybridized carbons (Fsp3) is 0.250. The van der Waals surface area contributed by atoms with E-state index in [0.717, 1.165) is 12.1 Å². The van der Waals surface area contributed by atoms with E-state index in [-0.39, 0.29) is 0 Å². The fourth-order valence-electron chi connectivity index (χ4n) is 1.90. The number of likely N-dealkylation sites (N-methyl/N-ethyl adjacent to an activating group) is 1. The van der Waals surface area contributed by atoms with Gasteiger partial charge < -0.3 is 5.32 Å². The van der Waals surface area contributed by atoms with Crippen molar-refractivity contribution in [3.8, 4) is 0 Å². The maximum absolute atomic E-state index is 13.7. The molecule has 1 aliphatic rings. The summed E-state index contributed by atoms with van der Waals surface area (Å²) in [7, 11) is 0. The standard InChI is InChI=1S/C12H10F2N2O3/c1-2-15-8(17)5-16-10-7(14)4-3-6(13)9(10)11(18)12(16)19/h3-4H,2,5H2,1H3,(H,15,17). The number of nitrogens with zero attached hydrogens (tertiary/aromatic N) is 1. The van der Waals surface area contributed by atoms with Gasteiger partial charge in [0, 0.05) is 6.54 Å². The molecule has 19 heavy (non-hydrogen) atoms. The van der Waals surface area contributed by atoms with E-state index in [4.69, 9.17) is 0 Å². The Labute approximate surface area is 107 Å². The highest BCUT2D eigenvalue weighted by molar-refractivity contribution is 6.52. The molecule has 0 saturated heterocycles. The lowest BCUT2D eigenvalue weighted by Crippen LogP contribution is -2.40. The largest absolute Gasteiger partial charge is 0.355 e. The van der Waals surface area contributed by atoms with E-state index < -0.39 is 47.0 Å². The average Bonchev–Trinajstić information content (AvgIpc) is 2.60. The van der Waals surface area contributed by atoms with Crippen molar-refractivity contribution in [1.29, 1.82) is 0 Å².